The van der Waals surface area contributed by atoms with Crippen molar-refractivity contribution in [1.29, 1.82) is 0 Å². The Hall–Kier alpha value is -3.72. The summed E-state index contributed by atoms with van der Waals surface area (Å²) in [4.78, 5) is 25.5. The van der Waals surface area contributed by atoms with E-state index in [0.29, 0.717) is 5.56 Å². The number of ketones is 1. The van der Waals surface area contributed by atoms with E-state index >= 15 is 0 Å². The Labute approximate surface area is 169 Å². The van der Waals surface area contributed by atoms with E-state index in [0.717, 1.165) is 6.07 Å². The van der Waals surface area contributed by atoms with Crippen LogP contribution in [0.4, 0.5) is 0 Å². The van der Waals surface area contributed by atoms with Crippen molar-refractivity contribution in [3.05, 3.63) is 51.4 Å². The van der Waals surface area contributed by atoms with Crippen molar-refractivity contribution in [3.8, 4) is 28.7 Å². The number of aliphatic hydroxyl groups is 1. The quantitative estimate of drug-likeness (QED) is 0.405. The summed E-state index contributed by atoms with van der Waals surface area (Å²) in [5.74, 6) is -2.85. The van der Waals surface area contributed by atoms with Crippen molar-refractivity contribution in [2.45, 2.75) is 32.0 Å². The standard InChI is InChI=1S/C21H18O9/c1-8(22)4-16-19(27)20(28)18-15(29-16)7-13(26)17-12(25)6-14(30-21(17)18)9-2-3-10(23)11(24)5-9/h2-3,5,7-8,14,22-24,26-27H,4,6H2,1H3/t8-,14-/m1/s1. The molecule has 0 bridgehead atoms. The zero-order valence-corrected chi connectivity index (χ0v) is 15.7. The average molecular weight is 414 g/mol. The maximum absolute atomic E-state index is 12.8. The minimum absolute atomic E-state index is 0.119. The number of benzene rings is 2. The van der Waals surface area contributed by atoms with Crippen molar-refractivity contribution >= 4 is 16.8 Å². The SMILES string of the molecule is C[C@@H](O)Cc1oc2cc(O)c3c(c2c(=O)c1O)O[C@@H](c1ccc(O)c(O)c1)CC3=O. The number of hydrogen-bond donors (Lipinski definition) is 5. The van der Waals surface area contributed by atoms with Gasteiger partial charge in [0.1, 0.15) is 34.1 Å². The monoisotopic (exact) mass is 414 g/mol. The fourth-order valence-corrected chi connectivity index (χ4v) is 3.52. The van der Waals surface area contributed by atoms with E-state index < -0.39 is 40.7 Å². The minimum atomic E-state index is -0.916. The average Bonchev–Trinajstić information content (AvgIpc) is 2.67. The highest BCUT2D eigenvalue weighted by molar-refractivity contribution is 6.08. The van der Waals surface area contributed by atoms with Gasteiger partial charge in [0.05, 0.1) is 12.5 Å². The molecular weight excluding hydrogens is 396 g/mol. The lowest BCUT2D eigenvalue weighted by Crippen LogP contribution is -2.22. The van der Waals surface area contributed by atoms with E-state index in [-0.39, 0.29) is 46.6 Å². The number of Topliss-reactive ketones (excluding diaryl/α,β-unsaturated/α-hetero) is 1. The Bertz CT molecular complexity index is 1240. The van der Waals surface area contributed by atoms with Gasteiger partial charge in [0.15, 0.2) is 23.0 Å². The summed E-state index contributed by atoms with van der Waals surface area (Å²) in [5, 5.41) is 49.2. The van der Waals surface area contributed by atoms with E-state index in [4.69, 9.17) is 9.15 Å². The van der Waals surface area contributed by atoms with Gasteiger partial charge in [-0.25, -0.2) is 0 Å². The van der Waals surface area contributed by atoms with Gasteiger partial charge in [0.25, 0.3) is 0 Å². The molecule has 1 aliphatic heterocycles. The van der Waals surface area contributed by atoms with Gasteiger partial charge in [0.2, 0.25) is 11.2 Å². The fourth-order valence-electron chi connectivity index (χ4n) is 3.52. The van der Waals surface area contributed by atoms with Crippen LogP contribution in [0.15, 0.2) is 33.5 Å². The van der Waals surface area contributed by atoms with Crippen LogP contribution in [0.25, 0.3) is 11.0 Å². The van der Waals surface area contributed by atoms with Crippen LogP contribution in [0.5, 0.6) is 28.7 Å². The molecule has 0 saturated heterocycles. The Morgan fingerprint density at radius 1 is 1.07 bits per heavy atom. The first-order chi connectivity index (χ1) is 14.2. The zero-order valence-electron chi connectivity index (χ0n) is 15.7. The summed E-state index contributed by atoms with van der Waals surface area (Å²) in [6.45, 7) is 1.45. The molecule has 2 aromatic carbocycles. The number of phenols is 3. The molecule has 30 heavy (non-hydrogen) atoms. The molecule has 1 aromatic heterocycles. The van der Waals surface area contributed by atoms with Crippen LogP contribution < -0.4 is 10.2 Å². The van der Waals surface area contributed by atoms with Crippen molar-refractivity contribution < 1.29 is 39.5 Å². The van der Waals surface area contributed by atoms with E-state index in [9.17, 15) is 35.1 Å². The maximum Gasteiger partial charge on any atom is 0.238 e. The first-order valence-electron chi connectivity index (χ1n) is 9.11. The van der Waals surface area contributed by atoms with Gasteiger partial charge in [0, 0.05) is 12.5 Å². The number of carbonyl (C=O) groups is 1. The van der Waals surface area contributed by atoms with Crippen molar-refractivity contribution in [2.75, 3.05) is 0 Å². The van der Waals surface area contributed by atoms with Crippen LogP contribution in [0.3, 0.4) is 0 Å². The molecule has 2 heterocycles. The van der Waals surface area contributed by atoms with Gasteiger partial charge in [-0.15, -0.1) is 0 Å². The summed E-state index contributed by atoms with van der Waals surface area (Å²) >= 11 is 0. The maximum atomic E-state index is 12.8. The third-order valence-corrected chi connectivity index (χ3v) is 4.93. The smallest absolute Gasteiger partial charge is 0.238 e. The number of rotatable bonds is 3. The number of aromatic hydroxyl groups is 4. The summed E-state index contributed by atoms with van der Waals surface area (Å²) in [5.41, 5.74) is -0.839. The first-order valence-corrected chi connectivity index (χ1v) is 9.11. The molecule has 156 valence electrons. The van der Waals surface area contributed by atoms with Gasteiger partial charge in [-0.1, -0.05) is 6.07 Å². The molecule has 0 aliphatic carbocycles. The molecule has 0 saturated carbocycles. The lowest BCUT2D eigenvalue weighted by Gasteiger charge is -2.27. The Kier molecular flexibility index (Phi) is 4.54. The van der Waals surface area contributed by atoms with E-state index in [1.165, 1.54) is 25.1 Å². The topological polar surface area (TPSA) is 158 Å². The normalized spacial score (nSPS) is 16.9. The second kappa shape index (κ2) is 6.96. The molecule has 5 N–H and O–H groups in total. The van der Waals surface area contributed by atoms with Crippen LogP contribution in [-0.4, -0.2) is 37.4 Å². The van der Waals surface area contributed by atoms with E-state index in [1.54, 1.807) is 0 Å². The molecule has 0 radical (unpaired) electrons. The summed E-state index contributed by atoms with van der Waals surface area (Å²) in [6.07, 6.45) is -2.13. The Morgan fingerprint density at radius 2 is 1.80 bits per heavy atom. The zero-order chi connectivity index (χ0) is 21.7. The highest BCUT2D eigenvalue weighted by Gasteiger charge is 2.34. The summed E-state index contributed by atoms with van der Waals surface area (Å²) in [7, 11) is 0. The molecule has 0 unspecified atom stereocenters. The third-order valence-electron chi connectivity index (χ3n) is 4.93. The molecular formula is C21H18O9. The fraction of sp³-hybridized carbons (Fsp3) is 0.238. The Morgan fingerprint density at radius 3 is 2.47 bits per heavy atom. The minimum Gasteiger partial charge on any atom is -0.507 e. The molecule has 0 spiro atoms. The molecule has 9 heteroatoms. The van der Waals surface area contributed by atoms with Crippen LogP contribution in [0, 0.1) is 0 Å². The largest absolute Gasteiger partial charge is 0.507 e. The highest BCUT2D eigenvalue weighted by atomic mass is 16.5. The second-order valence-electron chi connectivity index (χ2n) is 7.21. The van der Waals surface area contributed by atoms with Crippen LogP contribution >= 0.6 is 0 Å². The predicted molar refractivity (Wildman–Crippen MR) is 103 cm³/mol. The van der Waals surface area contributed by atoms with Crippen LogP contribution in [0.1, 0.15) is 41.1 Å². The van der Waals surface area contributed by atoms with Crippen LogP contribution in [0.2, 0.25) is 0 Å². The molecule has 0 amide bonds. The molecule has 4 rings (SSSR count). The molecule has 9 nitrogen and oxygen atoms in total. The third kappa shape index (κ3) is 3.09. The van der Waals surface area contributed by atoms with Crippen LogP contribution in [-0.2, 0) is 6.42 Å². The van der Waals surface area contributed by atoms with Gasteiger partial charge in [-0.3, -0.25) is 9.59 Å². The number of fused-ring (bicyclic) bond motifs is 3. The molecule has 0 fully saturated rings. The van der Waals surface area contributed by atoms with E-state index in [2.05, 4.69) is 0 Å². The van der Waals surface area contributed by atoms with Crippen molar-refractivity contribution in [1.82, 2.24) is 0 Å². The summed E-state index contributed by atoms with van der Waals surface area (Å²) in [6, 6.07) is 5.00. The number of hydrogen-bond acceptors (Lipinski definition) is 9. The Balaban J connectivity index is 1.92. The molecule has 2 atom stereocenters. The van der Waals surface area contributed by atoms with Crippen molar-refractivity contribution in [3.63, 3.8) is 0 Å². The van der Waals surface area contributed by atoms with Gasteiger partial charge in [-0.05, 0) is 24.6 Å². The number of carbonyl (C=O) groups excluding carboxylic acids is 1. The lowest BCUT2D eigenvalue weighted by atomic mass is 9.93. The molecule has 3 aromatic rings. The second-order valence-corrected chi connectivity index (χ2v) is 7.21. The highest BCUT2D eigenvalue weighted by Crippen LogP contribution is 2.44. The number of ether oxygens (including phenoxy) is 1. The number of phenolic OH excluding ortho intramolecular Hbond substituents is 3. The predicted octanol–water partition coefficient (Wildman–Crippen LogP) is 2.25. The van der Waals surface area contributed by atoms with Gasteiger partial charge < -0.3 is 34.7 Å². The first kappa shape index (κ1) is 19.6. The lowest BCUT2D eigenvalue weighted by molar-refractivity contribution is 0.0848. The van der Waals surface area contributed by atoms with Crippen molar-refractivity contribution in [2.24, 2.45) is 0 Å². The number of aliphatic hydroxyl groups excluding tert-OH is 1. The van der Waals surface area contributed by atoms with Gasteiger partial charge in [-0.2, -0.15) is 0 Å². The summed E-state index contributed by atoms with van der Waals surface area (Å²) < 4.78 is 11.3. The van der Waals surface area contributed by atoms with E-state index in [1.807, 2.05) is 0 Å². The molecule has 1 aliphatic rings. The van der Waals surface area contributed by atoms with Gasteiger partial charge >= 0.3 is 0 Å².